The second-order valence-corrected chi connectivity index (χ2v) is 13.7. The summed E-state index contributed by atoms with van der Waals surface area (Å²) in [7, 11) is 1.60. The number of H-pyrrole nitrogens is 1. The molecule has 1 spiro atoms. The summed E-state index contributed by atoms with van der Waals surface area (Å²) in [4.78, 5) is 32.4. The van der Waals surface area contributed by atoms with Gasteiger partial charge in [0, 0.05) is 73.9 Å². The summed E-state index contributed by atoms with van der Waals surface area (Å²) in [5.41, 5.74) is 5.35. The molecule has 2 saturated heterocycles. The Hall–Kier alpha value is -4.45. The third-order valence-electron chi connectivity index (χ3n) is 9.44. The van der Waals surface area contributed by atoms with Gasteiger partial charge in [0.15, 0.2) is 12.4 Å². The summed E-state index contributed by atoms with van der Waals surface area (Å²) in [5.74, 6) is 1.41. The molecule has 242 valence electrons. The predicted octanol–water partition coefficient (Wildman–Crippen LogP) is 5.36. The molecule has 2 unspecified atom stereocenters. The van der Waals surface area contributed by atoms with E-state index in [1.807, 2.05) is 62.3 Å². The van der Waals surface area contributed by atoms with E-state index in [1.165, 1.54) is 11.3 Å². The highest BCUT2D eigenvalue weighted by Crippen LogP contribution is 2.42. The van der Waals surface area contributed by atoms with Gasteiger partial charge in [0.2, 0.25) is 5.95 Å². The lowest BCUT2D eigenvalue weighted by molar-refractivity contribution is 0.0276. The topological polar surface area (TPSA) is 122 Å². The fraction of sp³-hybridized carbons (Fsp3) is 0.500. The number of para-hydroxylation sites is 1. The Morgan fingerprint density at radius 1 is 1.07 bits per heavy atom. The van der Waals surface area contributed by atoms with Gasteiger partial charge in [-0.25, -0.2) is 14.8 Å². The first kappa shape index (κ1) is 30.2. The Morgan fingerprint density at radius 2 is 1.85 bits per heavy atom. The first-order valence-electron chi connectivity index (χ1n) is 16.0. The monoisotopic (exact) mass is 626 g/mol. The summed E-state index contributed by atoms with van der Waals surface area (Å²) in [6.07, 6.45) is 6.52. The number of fused-ring (bicyclic) bond motifs is 3. The Bertz CT molecular complexity index is 1740. The number of amides is 1. The summed E-state index contributed by atoms with van der Waals surface area (Å²) in [6, 6.07) is 9.91. The molecule has 4 aromatic rings. The maximum Gasteiger partial charge on any atom is 0.410 e. The van der Waals surface area contributed by atoms with Gasteiger partial charge in [0.25, 0.3) is 0 Å². The number of methoxy groups -OCH3 is 1. The van der Waals surface area contributed by atoms with Crippen LogP contribution in [0.25, 0.3) is 22.3 Å². The molecule has 46 heavy (non-hydrogen) atoms. The molecule has 0 saturated carbocycles. The normalized spacial score (nSPS) is 21.3. The number of carbonyl (C=O) groups is 1. The molecule has 2 fully saturated rings. The van der Waals surface area contributed by atoms with E-state index in [4.69, 9.17) is 24.2 Å². The quantitative estimate of drug-likeness (QED) is 0.280. The molecule has 7 rings (SSSR count). The largest absolute Gasteiger partial charge is 0.467 e. The van der Waals surface area contributed by atoms with E-state index in [0.29, 0.717) is 11.7 Å². The summed E-state index contributed by atoms with van der Waals surface area (Å²) in [5, 5.41) is 10.1. The van der Waals surface area contributed by atoms with Crippen LogP contribution in [0, 0.1) is 5.41 Å². The molecule has 1 amide bonds. The van der Waals surface area contributed by atoms with E-state index < -0.39 is 5.60 Å². The molecule has 12 heteroatoms. The van der Waals surface area contributed by atoms with Crippen molar-refractivity contribution in [1.29, 1.82) is 0 Å². The van der Waals surface area contributed by atoms with Crippen LogP contribution in [0.15, 0.2) is 42.7 Å². The van der Waals surface area contributed by atoms with E-state index in [1.54, 1.807) is 7.11 Å². The molecule has 2 atom stereocenters. The first-order chi connectivity index (χ1) is 22.1. The zero-order valence-corrected chi connectivity index (χ0v) is 27.2. The van der Waals surface area contributed by atoms with Crippen molar-refractivity contribution in [2.45, 2.75) is 58.6 Å². The minimum Gasteiger partial charge on any atom is -0.467 e. The molecule has 6 heterocycles. The third kappa shape index (κ3) is 5.70. The van der Waals surface area contributed by atoms with Gasteiger partial charge in [-0.15, -0.1) is 10.2 Å². The standard InChI is InChI=1S/C34H42N8O4/c1-22-29-25-16-27(24-8-6-7-9-28(24)45-21-44-5)38-39-30(25)37-26(29)10-13-42(22)31-35-17-23(18-36-31)40-14-11-34(19-40)12-15-41(20-34)32(43)46-33(2,3)4/h6-9,16-18,22H,10-15,19-21H2,1-5H3,(H,37,39). The van der Waals surface area contributed by atoms with Crippen LogP contribution in [0.1, 0.15) is 57.8 Å². The van der Waals surface area contributed by atoms with Crippen molar-refractivity contribution in [3.63, 3.8) is 0 Å². The van der Waals surface area contributed by atoms with Gasteiger partial charge < -0.3 is 33.9 Å². The van der Waals surface area contributed by atoms with Crippen molar-refractivity contribution in [2.24, 2.45) is 5.41 Å². The molecule has 0 bridgehead atoms. The van der Waals surface area contributed by atoms with Crippen molar-refractivity contribution in [1.82, 2.24) is 30.0 Å². The fourth-order valence-corrected chi connectivity index (χ4v) is 7.18. The highest BCUT2D eigenvalue weighted by Gasteiger charge is 2.46. The van der Waals surface area contributed by atoms with E-state index in [2.05, 4.69) is 38.0 Å². The zero-order valence-electron chi connectivity index (χ0n) is 27.2. The summed E-state index contributed by atoms with van der Waals surface area (Å²) >= 11 is 0. The lowest BCUT2D eigenvalue weighted by atomic mass is 9.86. The predicted molar refractivity (Wildman–Crippen MR) is 175 cm³/mol. The Kier molecular flexibility index (Phi) is 7.70. The average Bonchev–Trinajstić information content (AvgIpc) is 3.77. The van der Waals surface area contributed by atoms with Gasteiger partial charge in [0.1, 0.15) is 11.4 Å². The van der Waals surface area contributed by atoms with E-state index in [-0.39, 0.29) is 24.3 Å². The average molecular weight is 627 g/mol. The number of benzene rings is 1. The van der Waals surface area contributed by atoms with Crippen molar-refractivity contribution >= 4 is 28.8 Å². The van der Waals surface area contributed by atoms with Crippen molar-refractivity contribution < 1.29 is 19.0 Å². The molecule has 1 N–H and O–H groups in total. The number of hydrogen-bond acceptors (Lipinski definition) is 10. The molecule has 3 aliphatic heterocycles. The van der Waals surface area contributed by atoms with Gasteiger partial charge in [-0.2, -0.15) is 0 Å². The first-order valence-corrected chi connectivity index (χ1v) is 16.0. The number of nitrogens with zero attached hydrogens (tertiary/aromatic N) is 7. The number of aromatic amines is 1. The van der Waals surface area contributed by atoms with Crippen LogP contribution in [-0.4, -0.2) is 88.4 Å². The molecular weight excluding hydrogens is 584 g/mol. The Morgan fingerprint density at radius 3 is 2.63 bits per heavy atom. The van der Waals surface area contributed by atoms with Gasteiger partial charge in [-0.3, -0.25) is 0 Å². The maximum atomic E-state index is 12.7. The third-order valence-corrected chi connectivity index (χ3v) is 9.44. The number of nitrogens with one attached hydrogen (secondary N) is 1. The lowest BCUT2D eigenvalue weighted by Gasteiger charge is -2.34. The summed E-state index contributed by atoms with van der Waals surface area (Å²) in [6.45, 7) is 12.2. The minimum absolute atomic E-state index is 0.0350. The second kappa shape index (κ2) is 11.7. The van der Waals surface area contributed by atoms with Crippen LogP contribution in [0.2, 0.25) is 0 Å². The Labute approximate surface area is 269 Å². The van der Waals surface area contributed by atoms with Crippen LogP contribution in [0.3, 0.4) is 0 Å². The lowest BCUT2D eigenvalue weighted by Crippen LogP contribution is -2.37. The second-order valence-electron chi connectivity index (χ2n) is 13.7. The Balaban J connectivity index is 1.07. The highest BCUT2D eigenvalue weighted by atomic mass is 16.7. The van der Waals surface area contributed by atoms with Gasteiger partial charge in [-0.05, 0) is 58.7 Å². The van der Waals surface area contributed by atoms with Gasteiger partial charge in [-0.1, -0.05) is 12.1 Å². The number of ether oxygens (including phenoxy) is 3. The molecule has 0 aliphatic carbocycles. The molecule has 1 aromatic carbocycles. The van der Waals surface area contributed by atoms with Crippen molar-refractivity contribution in [3.05, 3.63) is 54.0 Å². The van der Waals surface area contributed by atoms with Crippen LogP contribution >= 0.6 is 0 Å². The highest BCUT2D eigenvalue weighted by molar-refractivity contribution is 5.86. The van der Waals surface area contributed by atoms with Crippen LogP contribution in [0.4, 0.5) is 16.4 Å². The molecule has 3 aliphatic rings. The zero-order chi connectivity index (χ0) is 32.1. The minimum atomic E-state index is -0.488. The van der Waals surface area contributed by atoms with Crippen LogP contribution in [-0.2, 0) is 15.9 Å². The smallest absolute Gasteiger partial charge is 0.410 e. The summed E-state index contributed by atoms with van der Waals surface area (Å²) < 4.78 is 16.5. The van der Waals surface area contributed by atoms with E-state index >= 15 is 0 Å². The van der Waals surface area contributed by atoms with Crippen molar-refractivity contribution in [3.8, 4) is 17.0 Å². The number of hydrogen-bond donors (Lipinski definition) is 1. The van der Waals surface area contributed by atoms with Crippen LogP contribution in [0.5, 0.6) is 5.75 Å². The van der Waals surface area contributed by atoms with Gasteiger partial charge >= 0.3 is 6.09 Å². The van der Waals surface area contributed by atoms with E-state index in [9.17, 15) is 4.79 Å². The molecule has 3 aromatic heterocycles. The number of aromatic nitrogens is 5. The SMILES string of the molecule is COCOc1ccccc1-c1cc2c3c([nH]c2nn1)CCN(c1ncc(N2CCC4(CCN(C(=O)OC(C)(C)C)C4)C2)cn1)C3C. The van der Waals surface area contributed by atoms with Crippen molar-refractivity contribution in [2.75, 3.05) is 56.4 Å². The van der Waals surface area contributed by atoms with Crippen LogP contribution < -0.4 is 14.5 Å². The number of anilines is 2. The number of likely N-dealkylation sites (tertiary alicyclic amines) is 1. The number of carbonyl (C=O) groups excluding carboxylic acids is 1. The fourth-order valence-electron chi connectivity index (χ4n) is 7.18. The van der Waals surface area contributed by atoms with E-state index in [0.717, 1.165) is 80.0 Å². The molecular formula is C34H42N8O4. The molecule has 12 nitrogen and oxygen atoms in total. The number of rotatable bonds is 6. The molecule has 0 radical (unpaired) electrons. The van der Waals surface area contributed by atoms with Gasteiger partial charge in [0.05, 0.1) is 29.8 Å². The maximum absolute atomic E-state index is 12.7.